The van der Waals surface area contributed by atoms with Crippen LogP contribution >= 0.6 is 35.3 Å². The fraction of sp³-hybridized carbons (Fsp3) is 0.625. The first-order valence-corrected chi connectivity index (χ1v) is 7.51. The van der Waals surface area contributed by atoms with Crippen molar-refractivity contribution in [3.05, 3.63) is 15.5 Å². The lowest BCUT2D eigenvalue weighted by Gasteiger charge is -2.08. The summed E-state index contributed by atoms with van der Waals surface area (Å²) in [5.74, 6) is 0.0593. The molecule has 1 aromatic rings. The summed E-state index contributed by atoms with van der Waals surface area (Å²) >= 11 is 6.88. The van der Waals surface area contributed by atoms with E-state index >= 15 is 0 Å². The molecule has 1 saturated heterocycles. The molecule has 0 aromatic carbocycles. The van der Waals surface area contributed by atoms with Gasteiger partial charge < -0.3 is 5.32 Å². The molecule has 0 radical (unpaired) electrons. The van der Waals surface area contributed by atoms with E-state index in [9.17, 15) is 8.42 Å². The molecule has 1 aliphatic rings. The van der Waals surface area contributed by atoms with Crippen LogP contribution in [0.1, 0.15) is 11.3 Å². The van der Waals surface area contributed by atoms with Crippen molar-refractivity contribution in [1.82, 2.24) is 10.3 Å². The van der Waals surface area contributed by atoms with E-state index in [0.29, 0.717) is 22.3 Å². The molecular weight excluding hydrogens is 291 g/mol. The fourth-order valence-electron chi connectivity index (χ4n) is 1.60. The third-order valence-corrected chi connectivity index (χ3v) is 5.82. The summed E-state index contributed by atoms with van der Waals surface area (Å²) in [5.41, 5.74) is 0. The summed E-state index contributed by atoms with van der Waals surface area (Å²) in [6.07, 6.45) is 2.24. The van der Waals surface area contributed by atoms with E-state index in [1.807, 2.05) is 0 Å². The van der Waals surface area contributed by atoms with Crippen LogP contribution < -0.4 is 5.32 Å². The fourth-order valence-corrected chi connectivity index (χ4v) is 4.66. The third kappa shape index (κ3) is 3.30. The van der Waals surface area contributed by atoms with Gasteiger partial charge in [-0.25, -0.2) is 13.4 Å². The predicted octanol–water partition coefficient (Wildman–Crippen LogP) is 1.50. The van der Waals surface area contributed by atoms with Gasteiger partial charge in [0.05, 0.1) is 11.0 Å². The number of rotatable bonds is 3. The molecule has 92 valence electrons. The predicted molar refractivity (Wildman–Crippen MR) is 68.3 cm³/mol. The molecule has 4 nitrogen and oxygen atoms in total. The Morgan fingerprint density at radius 2 is 2.38 bits per heavy atom. The van der Waals surface area contributed by atoms with Crippen LogP contribution in [0.15, 0.2) is 6.20 Å². The lowest BCUT2D eigenvalue weighted by molar-refractivity contribution is 0.582. The van der Waals surface area contributed by atoms with Gasteiger partial charge in [0.1, 0.15) is 0 Å². The zero-order chi connectivity index (χ0) is 10.9. The molecule has 1 atom stereocenters. The Kier molecular flexibility index (Phi) is 5.00. The minimum atomic E-state index is -3.05. The Morgan fingerprint density at radius 1 is 1.62 bits per heavy atom. The normalized spacial score (nSPS) is 20.7. The van der Waals surface area contributed by atoms with E-state index in [0.717, 1.165) is 6.54 Å². The van der Waals surface area contributed by atoms with E-state index in [1.165, 1.54) is 17.5 Å². The van der Waals surface area contributed by atoms with Crippen LogP contribution in [0.3, 0.4) is 0 Å². The van der Waals surface area contributed by atoms with Crippen molar-refractivity contribution in [2.45, 2.75) is 17.4 Å². The number of thiazole rings is 1. The van der Waals surface area contributed by atoms with E-state index in [4.69, 9.17) is 11.6 Å². The van der Waals surface area contributed by atoms with Crippen molar-refractivity contribution >= 4 is 45.2 Å². The highest BCUT2D eigenvalue weighted by molar-refractivity contribution is 7.91. The zero-order valence-corrected chi connectivity index (χ0v) is 11.6. The van der Waals surface area contributed by atoms with Crippen LogP contribution in [0, 0.1) is 0 Å². The molecule has 1 aliphatic heterocycles. The van der Waals surface area contributed by atoms with E-state index < -0.39 is 9.84 Å². The number of sulfone groups is 1. The van der Waals surface area contributed by atoms with Gasteiger partial charge in [-0.15, -0.1) is 23.7 Å². The average molecular weight is 303 g/mol. The number of aromatic nitrogens is 1. The highest BCUT2D eigenvalue weighted by Crippen LogP contribution is 2.22. The van der Waals surface area contributed by atoms with Crippen LogP contribution in [0.25, 0.3) is 0 Å². The second-order valence-corrected chi connectivity index (χ2v) is 7.48. The molecular formula is C8H12Cl2N2O2S2. The highest BCUT2D eigenvalue weighted by Gasteiger charge is 2.29. The van der Waals surface area contributed by atoms with Crippen molar-refractivity contribution in [3.63, 3.8) is 0 Å². The van der Waals surface area contributed by atoms with Gasteiger partial charge in [0.2, 0.25) is 0 Å². The molecule has 16 heavy (non-hydrogen) atoms. The number of nitrogens with zero attached hydrogens (tertiary/aromatic N) is 1. The van der Waals surface area contributed by atoms with Gasteiger partial charge in [0, 0.05) is 17.6 Å². The van der Waals surface area contributed by atoms with Crippen molar-refractivity contribution < 1.29 is 8.42 Å². The van der Waals surface area contributed by atoms with Crippen LogP contribution in [0.2, 0.25) is 4.47 Å². The minimum absolute atomic E-state index is 0. The summed E-state index contributed by atoms with van der Waals surface area (Å²) in [6, 6.07) is 0. The molecule has 2 rings (SSSR count). The molecule has 0 amide bonds. The Bertz CT molecular complexity index is 441. The molecule has 0 saturated carbocycles. The maximum atomic E-state index is 11.9. The molecule has 8 heteroatoms. The maximum Gasteiger partial charge on any atom is 0.183 e. The van der Waals surface area contributed by atoms with Gasteiger partial charge in [0.15, 0.2) is 14.3 Å². The molecule has 0 bridgehead atoms. The minimum Gasteiger partial charge on any atom is -0.315 e. The van der Waals surface area contributed by atoms with Crippen LogP contribution in [0.4, 0.5) is 0 Å². The summed E-state index contributed by atoms with van der Waals surface area (Å²) in [7, 11) is -3.05. The average Bonchev–Trinajstić information content (AvgIpc) is 2.75. The highest BCUT2D eigenvalue weighted by atomic mass is 35.5. The maximum absolute atomic E-state index is 11.9. The summed E-state index contributed by atoms with van der Waals surface area (Å²) in [5, 5.41) is 2.80. The quantitative estimate of drug-likeness (QED) is 0.919. The monoisotopic (exact) mass is 302 g/mol. The molecule has 1 N–H and O–H groups in total. The molecule has 1 fully saturated rings. The molecule has 0 spiro atoms. The topological polar surface area (TPSA) is 59.1 Å². The summed E-state index contributed by atoms with van der Waals surface area (Å²) in [4.78, 5) is 4.55. The molecule has 2 heterocycles. The summed E-state index contributed by atoms with van der Waals surface area (Å²) < 4.78 is 24.2. The Labute approximate surface area is 110 Å². The smallest absolute Gasteiger partial charge is 0.183 e. The lowest BCUT2D eigenvalue weighted by Crippen LogP contribution is -2.24. The summed E-state index contributed by atoms with van der Waals surface area (Å²) in [6.45, 7) is 1.35. The van der Waals surface area contributed by atoms with Crippen molar-refractivity contribution in [3.8, 4) is 0 Å². The molecule has 0 aliphatic carbocycles. The number of nitrogens with one attached hydrogen (secondary N) is 1. The van der Waals surface area contributed by atoms with Crippen molar-refractivity contribution in [2.24, 2.45) is 0 Å². The van der Waals surface area contributed by atoms with E-state index in [2.05, 4.69) is 10.3 Å². The van der Waals surface area contributed by atoms with Gasteiger partial charge in [0.25, 0.3) is 0 Å². The van der Waals surface area contributed by atoms with E-state index in [1.54, 1.807) is 0 Å². The Morgan fingerprint density at radius 3 is 2.88 bits per heavy atom. The first-order chi connectivity index (χ1) is 7.08. The second-order valence-electron chi connectivity index (χ2n) is 3.50. The van der Waals surface area contributed by atoms with Gasteiger partial charge in [-0.1, -0.05) is 11.6 Å². The Hall–Kier alpha value is 0.120. The van der Waals surface area contributed by atoms with Gasteiger partial charge >= 0.3 is 0 Å². The largest absolute Gasteiger partial charge is 0.315 e. The van der Waals surface area contributed by atoms with Crippen molar-refractivity contribution in [1.29, 1.82) is 0 Å². The van der Waals surface area contributed by atoms with Gasteiger partial charge in [-0.05, 0) is 13.0 Å². The number of hydrogen-bond acceptors (Lipinski definition) is 5. The second kappa shape index (κ2) is 5.64. The van der Waals surface area contributed by atoms with Crippen molar-refractivity contribution in [2.75, 3.05) is 13.1 Å². The van der Waals surface area contributed by atoms with Gasteiger partial charge in [-0.2, -0.15) is 0 Å². The number of halogens is 2. The van der Waals surface area contributed by atoms with Crippen LogP contribution in [-0.2, 0) is 15.6 Å². The van der Waals surface area contributed by atoms with E-state index in [-0.39, 0.29) is 23.4 Å². The first kappa shape index (κ1) is 14.2. The Balaban J connectivity index is 0.00000128. The van der Waals surface area contributed by atoms with Gasteiger partial charge in [-0.3, -0.25) is 0 Å². The lowest BCUT2D eigenvalue weighted by atomic mass is 10.4. The SMILES string of the molecule is Cl.O=S(=O)(Cc1cnc(Cl)s1)[C@@H]1CCNC1. The molecule has 0 unspecified atom stereocenters. The van der Waals surface area contributed by atoms with Crippen LogP contribution in [-0.4, -0.2) is 31.7 Å². The molecule has 1 aromatic heterocycles. The third-order valence-electron chi connectivity index (χ3n) is 2.39. The number of hydrogen-bond donors (Lipinski definition) is 1. The zero-order valence-electron chi connectivity index (χ0n) is 8.35. The van der Waals surface area contributed by atoms with Crippen LogP contribution in [0.5, 0.6) is 0 Å². The first-order valence-electron chi connectivity index (χ1n) is 4.60. The standard InChI is InChI=1S/C8H11ClN2O2S2.ClH/c9-8-11-3-6(14-8)5-15(12,13)7-1-2-10-4-7;/h3,7,10H,1-2,4-5H2;1H/t7-;/m1./s1.